The number of hydrogen-bond donors (Lipinski definition) is 1. The number of aromatic nitrogens is 2. The van der Waals surface area contributed by atoms with Crippen LogP contribution in [-0.4, -0.2) is 21.0 Å². The van der Waals surface area contributed by atoms with Crippen LogP contribution in [0.15, 0.2) is 41.8 Å². The Kier molecular flexibility index (Phi) is 3.94. The number of carboxylic acid groups (broad SMARTS) is 1. The highest BCUT2D eigenvalue weighted by atomic mass is 32.2. The summed E-state index contributed by atoms with van der Waals surface area (Å²) in [5, 5.41) is 9.71. The minimum Gasteiger partial charge on any atom is -0.478 e. The van der Waals surface area contributed by atoms with Crippen molar-refractivity contribution in [2.45, 2.75) is 17.8 Å². The maximum atomic E-state index is 11.0. The van der Waals surface area contributed by atoms with Crippen molar-refractivity contribution in [3.63, 3.8) is 0 Å². The van der Waals surface area contributed by atoms with Gasteiger partial charge in [-0.25, -0.2) is 14.8 Å². The normalized spacial score (nSPS) is 10.3. The minimum absolute atomic E-state index is 0.331. The van der Waals surface area contributed by atoms with Gasteiger partial charge in [-0.1, -0.05) is 30.0 Å². The highest BCUT2D eigenvalue weighted by Gasteiger charge is 2.09. The lowest BCUT2D eigenvalue weighted by Gasteiger charge is -2.04. The monoisotopic (exact) mass is 260 g/mol. The van der Waals surface area contributed by atoms with Crippen LogP contribution >= 0.6 is 11.8 Å². The molecule has 0 amide bonds. The van der Waals surface area contributed by atoms with Gasteiger partial charge in [0.2, 0.25) is 0 Å². The van der Waals surface area contributed by atoms with Gasteiger partial charge in [-0.15, -0.1) is 0 Å². The third-order valence-corrected chi connectivity index (χ3v) is 3.29. The largest absolute Gasteiger partial charge is 0.478 e. The molecule has 0 saturated carbocycles. The van der Waals surface area contributed by atoms with Crippen LogP contribution in [0.3, 0.4) is 0 Å². The van der Waals surface area contributed by atoms with Crippen molar-refractivity contribution in [1.82, 2.24) is 9.97 Å². The molecule has 0 aliphatic rings. The summed E-state index contributed by atoms with van der Waals surface area (Å²) >= 11 is 1.43. The van der Waals surface area contributed by atoms with E-state index in [-0.39, 0.29) is 0 Å². The van der Waals surface area contributed by atoms with Crippen molar-refractivity contribution in [2.24, 2.45) is 0 Å². The smallest absolute Gasteiger partial charge is 0.335 e. The first-order valence-electron chi connectivity index (χ1n) is 5.39. The summed E-state index contributed by atoms with van der Waals surface area (Å²) in [5.41, 5.74) is 2.11. The van der Waals surface area contributed by atoms with E-state index in [4.69, 9.17) is 5.11 Å². The van der Waals surface area contributed by atoms with Gasteiger partial charge in [-0.2, -0.15) is 0 Å². The van der Waals surface area contributed by atoms with Crippen molar-refractivity contribution in [2.75, 3.05) is 0 Å². The van der Waals surface area contributed by atoms with Crippen molar-refractivity contribution >= 4 is 17.7 Å². The first-order valence-corrected chi connectivity index (χ1v) is 6.38. The average Bonchev–Trinajstić information content (AvgIpc) is 2.38. The predicted octanol–water partition coefficient (Wildman–Crippen LogP) is 2.78. The average molecular weight is 260 g/mol. The lowest BCUT2D eigenvalue weighted by molar-refractivity contribution is 0.0696. The highest BCUT2D eigenvalue weighted by molar-refractivity contribution is 7.98. The second kappa shape index (κ2) is 5.64. The molecule has 0 fully saturated rings. The van der Waals surface area contributed by atoms with Gasteiger partial charge < -0.3 is 5.11 Å². The highest BCUT2D eigenvalue weighted by Crippen LogP contribution is 2.21. The van der Waals surface area contributed by atoms with Crippen molar-refractivity contribution in [3.05, 3.63) is 53.3 Å². The zero-order chi connectivity index (χ0) is 13.0. The fourth-order valence-corrected chi connectivity index (χ4v) is 2.24. The number of hydrogen-bond acceptors (Lipinski definition) is 4. The third-order valence-electron chi connectivity index (χ3n) is 2.36. The number of carboxylic acids is 1. The van der Waals surface area contributed by atoms with Crippen molar-refractivity contribution in [1.29, 1.82) is 0 Å². The van der Waals surface area contributed by atoms with Gasteiger partial charge in [-0.3, -0.25) is 0 Å². The van der Waals surface area contributed by atoms with E-state index in [1.807, 2.05) is 19.1 Å². The van der Waals surface area contributed by atoms with Gasteiger partial charge in [0.1, 0.15) is 0 Å². The van der Waals surface area contributed by atoms with E-state index >= 15 is 0 Å². The van der Waals surface area contributed by atoms with Crippen LogP contribution in [0.4, 0.5) is 0 Å². The zero-order valence-electron chi connectivity index (χ0n) is 9.83. The number of thioether (sulfide) groups is 1. The number of benzene rings is 1. The van der Waals surface area contributed by atoms with E-state index in [9.17, 15) is 4.79 Å². The summed E-state index contributed by atoms with van der Waals surface area (Å²) in [6.07, 6.45) is 3.50. The van der Waals surface area contributed by atoms with E-state index in [1.165, 1.54) is 11.8 Å². The number of aromatic carboxylic acids is 1. The van der Waals surface area contributed by atoms with Crippen LogP contribution in [0.25, 0.3) is 0 Å². The fourth-order valence-electron chi connectivity index (χ4n) is 1.45. The molecule has 4 nitrogen and oxygen atoms in total. The minimum atomic E-state index is -0.906. The molecule has 2 aromatic rings. The van der Waals surface area contributed by atoms with Gasteiger partial charge in [-0.05, 0) is 24.1 Å². The molecule has 0 aliphatic heterocycles. The standard InChI is InChI=1S/C13H12N2O2S/c1-9-6-14-13(15-7-9)18-8-10-4-2-3-5-11(10)12(16)17/h2-7H,8H2,1H3,(H,16,17). The Labute approximate surface area is 109 Å². The molecule has 5 heteroatoms. The van der Waals surface area contributed by atoms with Crippen LogP contribution in [-0.2, 0) is 5.75 Å². The van der Waals surface area contributed by atoms with E-state index in [0.29, 0.717) is 16.5 Å². The predicted molar refractivity (Wildman–Crippen MR) is 69.7 cm³/mol. The SMILES string of the molecule is Cc1cnc(SCc2ccccc2C(=O)O)nc1. The molecule has 0 radical (unpaired) electrons. The van der Waals surface area contributed by atoms with Crippen LogP contribution in [0.2, 0.25) is 0 Å². The zero-order valence-corrected chi connectivity index (χ0v) is 10.6. The van der Waals surface area contributed by atoms with Crippen LogP contribution in [0, 0.1) is 6.92 Å². The van der Waals surface area contributed by atoms with Crippen molar-refractivity contribution in [3.8, 4) is 0 Å². The summed E-state index contributed by atoms with van der Waals surface area (Å²) in [5.74, 6) is -0.359. The van der Waals surface area contributed by atoms with Crippen molar-refractivity contribution < 1.29 is 9.90 Å². The molecule has 1 N–H and O–H groups in total. The third kappa shape index (κ3) is 3.07. The maximum Gasteiger partial charge on any atom is 0.335 e. The molecular formula is C13H12N2O2S. The quantitative estimate of drug-likeness (QED) is 0.676. The molecule has 0 saturated heterocycles. The first-order chi connectivity index (χ1) is 8.66. The van der Waals surface area contributed by atoms with Crippen LogP contribution < -0.4 is 0 Å². The molecule has 0 aliphatic carbocycles. The Morgan fingerprint density at radius 3 is 2.61 bits per heavy atom. The molecule has 1 heterocycles. The van der Waals surface area contributed by atoms with Gasteiger partial charge in [0, 0.05) is 18.1 Å². The second-order valence-electron chi connectivity index (χ2n) is 3.79. The Bertz CT molecular complexity index is 555. The van der Waals surface area contributed by atoms with E-state index < -0.39 is 5.97 Å². The molecule has 0 bridgehead atoms. The Balaban J connectivity index is 2.10. The van der Waals surface area contributed by atoms with Gasteiger partial charge in [0.15, 0.2) is 5.16 Å². The second-order valence-corrected chi connectivity index (χ2v) is 4.74. The summed E-state index contributed by atoms with van der Waals surface area (Å²) in [6.45, 7) is 1.92. The summed E-state index contributed by atoms with van der Waals surface area (Å²) in [7, 11) is 0. The Hall–Kier alpha value is -1.88. The van der Waals surface area contributed by atoms with Gasteiger partial charge in [0.25, 0.3) is 0 Å². The van der Waals surface area contributed by atoms with E-state index in [0.717, 1.165) is 11.1 Å². The number of aryl methyl sites for hydroxylation is 1. The summed E-state index contributed by atoms with van der Waals surface area (Å²) in [4.78, 5) is 19.4. The fraction of sp³-hybridized carbons (Fsp3) is 0.154. The summed E-state index contributed by atoms with van der Waals surface area (Å²) in [6, 6.07) is 6.97. The van der Waals surface area contributed by atoms with Crippen LogP contribution in [0.5, 0.6) is 0 Å². The molecule has 92 valence electrons. The van der Waals surface area contributed by atoms with E-state index in [2.05, 4.69) is 9.97 Å². The number of nitrogens with zero attached hydrogens (tertiary/aromatic N) is 2. The molecule has 0 atom stereocenters. The number of rotatable bonds is 4. The lowest BCUT2D eigenvalue weighted by atomic mass is 10.1. The van der Waals surface area contributed by atoms with Gasteiger partial charge >= 0.3 is 5.97 Å². The molecular weight excluding hydrogens is 248 g/mol. The number of carbonyl (C=O) groups is 1. The maximum absolute atomic E-state index is 11.0. The molecule has 2 rings (SSSR count). The lowest BCUT2D eigenvalue weighted by Crippen LogP contribution is -2.01. The topological polar surface area (TPSA) is 63.1 Å². The Morgan fingerprint density at radius 2 is 1.94 bits per heavy atom. The molecule has 0 unspecified atom stereocenters. The van der Waals surface area contributed by atoms with E-state index in [1.54, 1.807) is 24.5 Å². The summed E-state index contributed by atoms with van der Waals surface area (Å²) < 4.78 is 0. The molecule has 1 aromatic carbocycles. The first kappa shape index (κ1) is 12.6. The Morgan fingerprint density at radius 1 is 1.28 bits per heavy atom. The van der Waals surface area contributed by atoms with Crippen LogP contribution in [0.1, 0.15) is 21.5 Å². The molecule has 0 spiro atoms. The van der Waals surface area contributed by atoms with Gasteiger partial charge in [0.05, 0.1) is 5.56 Å². The molecule has 1 aromatic heterocycles. The molecule has 18 heavy (non-hydrogen) atoms.